The van der Waals surface area contributed by atoms with Crippen molar-refractivity contribution in [3.05, 3.63) is 77.3 Å². The van der Waals surface area contributed by atoms with Crippen molar-refractivity contribution < 1.29 is 8.42 Å². The molecular formula is C18H17ClN4O2S. The van der Waals surface area contributed by atoms with Gasteiger partial charge in [-0.2, -0.15) is 0 Å². The van der Waals surface area contributed by atoms with E-state index in [9.17, 15) is 8.42 Å². The van der Waals surface area contributed by atoms with E-state index in [1.807, 2.05) is 42.3 Å². The Balaban J connectivity index is 1.70. The highest BCUT2D eigenvalue weighted by atomic mass is 35.5. The number of hydrogen-bond donors (Lipinski definition) is 1. The van der Waals surface area contributed by atoms with Gasteiger partial charge < -0.3 is 4.90 Å². The lowest BCUT2D eigenvalue weighted by atomic mass is 10.2. The zero-order valence-electron chi connectivity index (χ0n) is 14.0. The molecule has 0 bridgehead atoms. The molecule has 0 aliphatic rings. The first kappa shape index (κ1) is 18.2. The van der Waals surface area contributed by atoms with Gasteiger partial charge in [0, 0.05) is 18.6 Å². The lowest BCUT2D eigenvalue weighted by molar-refractivity contribution is 0.601. The average molecular weight is 389 g/mol. The van der Waals surface area contributed by atoms with Gasteiger partial charge in [0.05, 0.1) is 4.90 Å². The summed E-state index contributed by atoms with van der Waals surface area (Å²) < 4.78 is 27.1. The molecule has 0 radical (unpaired) electrons. The van der Waals surface area contributed by atoms with Crippen molar-refractivity contribution in [2.75, 3.05) is 16.7 Å². The van der Waals surface area contributed by atoms with Crippen LogP contribution in [0, 0.1) is 0 Å². The highest BCUT2D eigenvalue weighted by molar-refractivity contribution is 7.92. The van der Waals surface area contributed by atoms with Crippen molar-refractivity contribution in [1.29, 1.82) is 0 Å². The molecule has 3 rings (SSSR count). The molecule has 1 aromatic heterocycles. The monoisotopic (exact) mass is 388 g/mol. The highest BCUT2D eigenvalue weighted by Crippen LogP contribution is 2.18. The average Bonchev–Trinajstić information content (AvgIpc) is 2.63. The van der Waals surface area contributed by atoms with Crippen LogP contribution in [0.15, 0.2) is 71.6 Å². The van der Waals surface area contributed by atoms with Gasteiger partial charge in [0.25, 0.3) is 10.0 Å². The van der Waals surface area contributed by atoms with Crippen LogP contribution in [0.3, 0.4) is 0 Å². The fourth-order valence-electron chi connectivity index (χ4n) is 2.33. The van der Waals surface area contributed by atoms with Gasteiger partial charge in [-0.25, -0.2) is 8.42 Å². The molecule has 26 heavy (non-hydrogen) atoms. The lowest BCUT2D eigenvalue weighted by Gasteiger charge is -2.17. The van der Waals surface area contributed by atoms with E-state index in [2.05, 4.69) is 14.9 Å². The number of aromatic nitrogens is 2. The summed E-state index contributed by atoms with van der Waals surface area (Å²) in [6.07, 6.45) is 0. The smallest absolute Gasteiger partial charge is 0.263 e. The number of nitrogens with zero attached hydrogens (tertiary/aromatic N) is 3. The molecule has 0 amide bonds. The van der Waals surface area contributed by atoms with Crippen molar-refractivity contribution >= 4 is 33.3 Å². The van der Waals surface area contributed by atoms with Crippen LogP contribution in [0.2, 0.25) is 5.02 Å². The van der Waals surface area contributed by atoms with E-state index < -0.39 is 10.0 Å². The molecular weight excluding hydrogens is 372 g/mol. The summed E-state index contributed by atoms with van der Waals surface area (Å²) in [5.41, 5.74) is 1.14. The second-order valence-corrected chi connectivity index (χ2v) is 7.80. The summed E-state index contributed by atoms with van der Waals surface area (Å²) in [5.74, 6) is 0.792. The summed E-state index contributed by atoms with van der Waals surface area (Å²) in [4.78, 5) is 2.04. The Kier molecular flexibility index (Phi) is 5.39. The third-order valence-corrected chi connectivity index (χ3v) is 5.29. The molecule has 0 spiro atoms. The van der Waals surface area contributed by atoms with Crippen LogP contribution in [0.4, 0.5) is 11.6 Å². The van der Waals surface area contributed by atoms with E-state index >= 15 is 0 Å². The second kappa shape index (κ2) is 7.72. The van der Waals surface area contributed by atoms with E-state index in [0.717, 1.165) is 5.56 Å². The summed E-state index contributed by atoms with van der Waals surface area (Å²) in [6.45, 7) is 0.672. The van der Waals surface area contributed by atoms with Crippen molar-refractivity contribution in [2.45, 2.75) is 11.4 Å². The van der Waals surface area contributed by atoms with Gasteiger partial charge >= 0.3 is 0 Å². The first-order chi connectivity index (χ1) is 12.4. The predicted octanol–water partition coefficient (Wildman–Crippen LogP) is 3.57. The third kappa shape index (κ3) is 4.50. The van der Waals surface area contributed by atoms with Gasteiger partial charge in [0.1, 0.15) is 0 Å². The van der Waals surface area contributed by atoms with Crippen LogP contribution in [0.5, 0.6) is 0 Å². The maximum Gasteiger partial charge on any atom is 0.263 e. The summed E-state index contributed by atoms with van der Waals surface area (Å²) in [6, 6.07) is 19.2. The molecule has 2 aromatic carbocycles. The van der Waals surface area contributed by atoms with E-state index in [4.69, 9.17) is 11.6 Å². The number of halogens is 1. The minimum atomic E-state index is -3.74. The van der Waals surface area contributed by atoms with Gasteiger partial charge in [0.2, 0.25) is 0 Å². The topological polar surface area (TPSA) is 75.2 Å². The summed E-state index contributed by atoms with van der Waals surface area (Å²) in [7, 11) is -1.84. The zero-order valence-corrected chi connectivity index (χ0v) is 15.6. The van der Waals surface area contributed by atoms with Crippen molar-refractivity contribution in [1.82, 2.24) is 10.2 Å². The SMILES string of the molecule is CN(Cc1ccccc1)c1ccc(NS(=O)(=O)c2ccc(Cl)cc2)nn1. The van der Waals surface area contributed by atoms with E-state index in [-0.39, 0.29) is 10.7 Å². The molecule has 8 heteroatoms. The number of anilines is 2. The lowest BCUT2D eigenvalue weighted by Crippen LogP contribution is -2.19. The normalized spacial score (nSPS) is 11.2. The minimum Gasteiger partial charge on any atom is -0.354 e. The fourth-order valence-corrected chi connectivity index (χ4v) is 3.45. The number of rotatable bonds is 6. The molecule has 1 heterocycles. The van der Waals surface area contributed by atoms with E-state index in [0.29, 0.717) is 17.4 Å². The van der Waals surface area contributed by atoms with Crippen LogP contribution in [-0.4, -0.2) is 25.7 Å². The minimum absolute atomic E-state index is 0.106. The van der Waals surface area contributed by atoms with Gasteiger partial charge in [-0.05, 0) is 42.0 Å². The molecule has 0 atom stereocenters. The van der Waals surface area contributed by atoms with Crippen LogP contribution >= 0.6 is 11.6 Å². The molecule has 1 N–H and O–H groups in total. The molecule has 134 valence electrons. The number of sulfonamides is 1. The quantitative estimate of drug-likeness (QED) is 0.698. The Morgan fingerprint density at radius 3 is 2.27 bits per heavy atom. The Hall–Kier alpha value is -2.64. The number of hydrogen-bond acceptors (Lipinski definition) is 5. The largest absolute Gasteiger partial charge is 0.354 e. The van der Waals surface area contributed by atoms with Crippen LogP contribution in [0.1, 0.15) is 5.56 Å². The molecule has 0 fully saturated rings. The highest BCUT2D eigenvalue weighted by Gasteiger charge is 2.15. The van der Waals surface area contributed by atoms with Crippen LogP contribution in [0.25, 0.3) is 0 Å². The van der Waals surface area contributed by atoms with Crippen molar-refractivity contribution in [3.63, 3.8) is 0 Å². The maximum absolute atomic E-state index is 12.3. The molecule has 0 unspecified atom stereocenters. The third-order valence-electron chi connectivity index (χ3n) is 3.67. The van der Waals surface area contributed by atoms with E-state index in [1.54, 1.807) is 12.1 Å². The van der Waals surface area contributed by atoms with Crippen LogP contribution in [-0.2, 0) is 16.6 Å². The van der Waals surface area contributed by atoms with Gasteiger partial charge in [-0.3, -0.25) is 4.72 Å². The Morgan fingerprint density at radius 1 is 0.962 bits per heavy atom. The Morgan fingerprint density at radius 2 is 1.65 bits per heavy atom. The van der Waals surface area contributed by atoms with Gasteiger partial charge in [-0.1, -0.05) is 41.9 Å². The fraction of sp³-hybridized carbons (Fsp3) is 0.111. The van der Waals surface area contributed by atoms with E-state index in [1.165, 1.54) is 24.3 Å². The summed E-state index contributed by atoms with van der Waals surface area (Å²) in [5, 5.41) is 8.52. The van der Waals surface area contributed by atoms with Gasteiger partial charge in [-0.15, -0.1) is 10.2 Å². The Labute approximate surface area is 157 Å². The molecule has 0 aliphatic carbocycles. The summed E-state index contributed by atoms with van der Waals surface area (Å²) >= 11 is 5.78. The van der Waals surface area contributed by atoms with Crippen molar-refractivity contribution in [3.8, 4) is 0 Å². The van der Waals surface area contributed by atoms with Gasteiger partial charge in [0.15, 0.2) is 11.6 Å². The maximum atomic E-state index is 12.3. The standard InChI is InChI=1S/C18H17ClN4O2S/c1-23(13-14-5-3-2-4-6-14)18-12-11-17(20-21-18)22-26(24,25)16-9-7-15(19)8-10-16/h2-12H,13H2,1H3,(H,20,22). The first-order valence-electron chi connectivity index (χ1n) is 7.81. The molecule has 3 aromatic rings. The first-order valence-corrected chi connectivity index (χ1v) is 9.67. The number of nitrogens with one attached hydrogen (secondary N) is 1. The number of benzene rings is 2. The second-order valence-electron chi connectivity index (χ2n) is 5.68. The Bertz CT molecular complexity index is 962. The molecule has 6 nitrogen and oxygen atoms in total. The molecule has 0 saturated heterocycles. The zero-order chi connectivity index (χ0) is 18.6. The van der Waals surface area contributed by atoms with Crippen LogP contribution < -0.4 is 9.62 Å². The molecule has 0 aliphatic heterocycles. The van der Waals surface area contributed by atoms with Crippen molar-refractivity contribution in [2.24, 2.45) is 0 Å². The predicted molar refractivity (Wildman–Crippen MR) is 103 cm³/mol. The molecule has 0 saturated carbocycles.